The van der Waals surface area contributed by atoms with Crippen LogP contribution in [0.2, 0.25) is 0 Å². The van der Waals surface area contributed by atoms with Gasteiger partial charge in [-0.1, -0.05) is 71.8 Å². The standard InChI is InChI=1S/C36H30N2O5/c1-19-8-10-23(11-9-19)33(39)21(3)43-36(42)28-18-30(37-29-7-5-4-6-26(28)29)22-12-14-25(15-13-22)38-34(40)31-24-16-20(2)27(17-24)32(31)35(38)41/h4-16,18,21,24,27,31-32H,17H2,1-3H3. The van der Waals surface area contributed by atoms with Crippen LogP contribution >= 0.6 is 0 Å². The summed E-state index contributed by atoms with van der Waals surface area (Å²) < 4.78 is 5.66. The number of pyridine rings is 1. The fourth-order valence-electron chi connectivity index (χ4n) is 7.03. The molecule has 5 unspecified atom stereocenters. The molecule has 214 valence electrons. The largest absolute Gasteiger partial charge is 0.451 e. The van der Waals surface area contributed by atoms with Crippen molar-refractivity contribution >= 4 is 40.2 Å². The van der Waals surface area contributed by atoms with Gasteiger partial charge in [0.05, 0.1) is 34.3 Å². The number of para-hydroxylation sites is 1. The number of aryl methyl sites for hydroxylation is 1. The minimum absolute atomic E-state index is 0.120. The Morgan fingerprint density at radius 1 is 0.907 bits per heavy atom. The summed E-state index contributed by atoms with van der Waals surface area (Å²) in [6, 6.07) is 23.2. The molecule has 7 nitrogen and oxygen atoms in total. The lowest BCUT2D eigenvalue weighted by Gasteiger charge is -2.19. The number of aromatic nitrogens is 1. The molecule has 1 saturated heterocycles. The minimum atomic E-state index is -0.978. The van der Waals surface area contributed by atoms with Crippen LogP contribution in [0, 0.1) is 30.6 Å². The summed E-state index contributed by atoms with van der Waals surface area (Å²) in [6.07, 6.45) is 2.08. The molecule has 4 aromatic rings. The van der Waals surface area contributed by atoms with Crippen LogP contribution in [-0.2, 0) is 14.3 Å². The topological polar surface area (TPSA) is 93.6 Å². The molecule has 7 heteroatoms. The van der Waals surface area contributed by atoms with Crippen molar-refractivity contribution in [2.24, 2.45) is 23.7 Å². The fourth-order valence-corrected chi connectivity index (χ4v) is 7.03. The van der Waals surface area contributed by atoms with Crippen LogP contribution in [0.3, 0.4) is 0 Å². The third-order valence-electron chi connectivity index (χ3n) is 9.23. The van der Waals surface area contributed by atoms with Crippen LogP contribution < -0.4 is 4.90 Å². The number of imide groups is 1. The van der Waals surface area contributed by atoms with Gasteiger partial charge >= 0.3 is 5.97 Å². The van der Waals surface area contributed by atoms with E-state index in [1.807, 2.05) is 37.3 Å². The molecule has 3 aromatic carbocycles. The average Bonchev–Trinajstić information content (AvgIpc) is 3.66. The van der Waals surface area contributed by atoms with Crippen LogP contribution in [0.1, 0.15) is 46.5 Å². The van der Waals surface area contributed by atoms with Crippen molar-refractivity contribution in [1.29, 1.82) is 0 Å². The van der Waals surface area contributed by atoms with E-state index in [1.54, 1.807) is 55.5 Å². The van der Waals surface area contributed by atoms with E-state index in [9.17, 15) is 19.2 Å². The van der Waals surface area contributed by atoms with E-state index in [0.29, 0.717) is 39.0 Å². The molecule has 0 spiro atoms. The van der Waals surface area contributed by atoms with E-state index < -0.39 is 12.1 Å². The number of carbonyl (C=O) groups excluding carboxylic acids is 4. The number of allylic oxidation sites excluding steroid dienone is 2. The highest BCUT2D eigenvalue weighted by atomic mass is 16.5. The SMILES string of the molecule is CC1=CC2CC1C1C(=O)N(c3ccc(-c4cc(C(=O)OC(C)C(=O)c5ccc(C)cc5)c5ccccc5n4)cc3)C(=O)C21. The molecular formula is C36H30N2O5. The molecule has 5 atom stereocenters. The summed E-state index contributed by atoms with van der Waals surface area (Å²) >= 11 is 0. The van der Waals surface area contributed by atoms with E-state index >= 15 is 0 Å². The lowest BCUT2D eigenvalue weighted by molar-refractivity contribution is -0.123. The lowest BCUT2D eigenvalue weighted by atomic mass is 9.82. The number of nitrogens with zero attached hydrogens (tertiary/aromatic N) is 2. The number of benzene rings is 3. The van der Waals surface area contributed by atoms with Crippen molar-refractivity contribution < 1.29 is 23.9 Å². The Morgan fingerprint density at radius 2 is 1.60 bits per heavy atom. The van der Waals surface area contributed by atoms with Gasteiger partial charge in [0.25, 0.3) is 0 Å². The predicted octanol–water partition coefficient (Wildman–Crippen LogP) is 6.34. The number of ether oxygens (including phenoxy) is 1. The highest BCUT2D eigenvalue weighted by molar-refractivity contribution is 6.23. The van der Waals surface area contributed by atoms with Gasteiger partial charge in [-0.25, -0.2) is 9.78 Å². The summed E-state index contributed by atoms with van der Waals surface area (Å²) in [6.45, 7) is 5.56. The van der Waals surface area contributed by atoms with Crippen molar-refractivity contribution in [3.8, 4) is 11.3 Å². The van der Waals surface area contributed by atoms with Crippen LogP contribution in [0.4, 0.5) is 5.69 Å². The normalized spacial score (nSPS) is 23.0. The van der Waals surface area contributed by atoms with Crippen LogP contribution in [0.25, 0.3) is 22.2 Å². The van der Waals surface area contributed by atoms with Crippen molar-refractivity contribution in [3.05, 3.63) is 107 Å². The molecule has 3 aliphatic rings. The van der Waals surface area contributed by atoms with E-state index in [1.165, 1.54) is 10.5 Å². The third-order valence-corrected chi connectivity index (χ3v) is 9.23. The van der Waals surface area contributed by atoms with E-state index in [2.05, 4.69) is 13.0 Å². The molecule has 2 bridgehead atoms. The molecule has 2 fully saturated rings. The first-order valence-corrected chi connectivity index (χ1v) is 14.6. The number of amides is 2. The Bertz CT molecular complexity index is 1860. The monoisotopic (exact) mass is 570 g/mol. The number of Topliss-reactive ketones (excluding diaryl/α,β-unsaturated/α-hetero) is 1. The molecular weight excluding hydrogens is 540 g/mol. The Morgan fingerprint density at radius 3 is 2.35 bits per heavy atom. The molecule has 1 aliphatic heterocycles. The summed E-state index contributed by atoms with van der Waals surface area (Å²) in [5, 5.41) is 0.612. The van der Waals surface area contributed by atoms with Gasteiger partial charge in [-0.2, -0.15) is 0 Å². The maximum atomic E-state index is 13.4. The second-order valence-corrected chi connectivity index (χ2v) is 11.9. The third kappa shape index (κ3) is 4.38. The van der Waals surface area contributed by atoms with E-state index in [0.717, 1.165) is 12.0 Å². The molecule has 1 saturated carbocycles. The van der Waals surface area contributed by atoms with Crippen LogP contribution in [0.15, 0.2) is 90.5 Å². The predicted molar refractivity (Wildman–Crippen MR) is 162 cm³/mol. The highest BCUT2D eigenvalue weighted by Crippen LogP contribution is 2.55. The number of carbonyl (C=O) groups is 4. The van der Waals surface area contributed by atoms with Gasteiger partial charge < -0.3 is 4.74 Å². The zero-order valence-corrected chi connectivity index (χ0v) is 24.1. The fraction of sp³-hybridized carbons (Fsp3) is 0.250. The van der Waals surface area contributed by atoms with Crippen molar-refractivity contribution in [3.63, 3.8) is 0 Å². The van der Waals surface area contributed by atoms with Crippen molar-refractivity contribution in [2.45, 2.75) is 33.3 Å². The number of fused-ring (bicyclic) bond motifs is 6. The average molecular weight is 571 g/mol. The molecule has 2 heterocycles. The van der Waals surface area contributed by atoms with Gasteiger partial charge in [0.15, 0.2) is 6.10 Å². The van der Waals surface area contributed by atoms with Crippen molar-refractivity contribution in [2.75, 3.05) is 4.90 Å². The highest BCUT2D eigenvalue weighted by Gasteiger charge is 2.60. The second kappa shape index (κ2) is 10.1. The summed E-state index contributed by atoms with van der Waals surface area (Å²) in [5.74, 6) is -1.38. The first-order chi connectivity index (χ1) is 20.7. The zero-order valence-electron chi connectivity index (χ0n) is 24.1. The van der Waals surface area contributed by atoms with Gasteiger partial charge in [-0.05, 0) is 63.3 Å². The number of rotatable bonds is 6. The Balaban J connectivity index is 1.16. The van der Waals surface area contributed by atoms with Gasteiger partial charge in [-0.15, -0.1) is 0 Å². The number of anilines is 1. The van der Waals surface area contributed by atoms with Gasteiger partial charge in [0.1, 0.15) is 0 Å². The Hall–Kier alpha value is -4.91. The molecule has 0 N–H and O–H groups in total. The second-order valence-electron chi connectivity index (χ2n) is 11.9. The molecule has 43 heavy (non-hydrogen) atoms. The zero-order chi connectivity index (χ0) is 30.0. The van der Waals surface area contributed by atoms with Gasteiger partial charge in [0, 0.05) is 16.5 Å². The Kier molecular flexibility index (Phi) is 6.34. The lowest BCUT2D eigenvalue weighted by Crippen LogP contribution is -2.32. The first kappa shape index (κ1) is 27.0. The van der Waals surface area contributed by atoms with Gasteiger partial charge in [-0.3, -0.25) is 19.3 Å². The summed E-state index contributed by atoms with van der Waals surface area (Å²) in [4.78, 5) is 59.2. The van der Waals surface area contributed by atoms with Gasteiger partial charge in [0.2, 0.25) is 17.6 Å². The number of ketones is 1. The van der Waals surface area contributed by atoms with E-state index in [4.69, 9.17) is 9.72 Å². The van der Waals surface area contributed by atoms with E-state index in [-0.39, 0.29) is 41.3 Å². The molecule has 7 rings (SSSR count). The quantitative estimate of drug-likeness (QED) is 0.116. The maximum absolute atomic E-state index is 13.4. The number of esters is 1. The summed E-state index contributed by atoms with van der Waals surface area (Å²) in [7, 11) is 0. The van der Waals surface area contributed by atoms with Crippen molar-refractivity contribution in [1.82, 2.24) is 4.98 Å². The number of hydrogen-bond donors (Lipinski definition) is 0. The number of hydrogen-bond acceptors (Lipinski definition) is 6. The minimum Gasteiger partial charge on any atom is -0.451 e. The molecule has 1 aromatic heterocycles. The van der Waals surface area contributed by atoms with Crippen LogP contribution in [-0.4, -0.2) is 34.7 Å². The smallest absolute Gasteiger partial charge is 0.339 e. The molecule has 0 radical (unpaired) electrons. The molecule has 2 aliphatic carbocycles. The van der Waals surface area contributed by atoms with Crippen LogP contribution in [0.5, 0.6) is 0 Å². The molecule has 2 amide bonds. The summed E-state index contributed by atoms with van der Waals surface area (Å²) in [5.41, 5.74) is 5.40. The first-order valence-electron chi connectivity index (χ1n) is 14.6. The maximum Gasteiger partial charge on any atom is 0.339 e. The Labute approximate surface area is 249 Å².